The molecule has 0 aliphatic rings. The van der Waals surface area contributed by atoms with E-state index in [2.05, 4.69) is 15.5 Å². The number of nitrogens with zero attached hydrogens (tertiary/aromatic N) is 2. The Morgan fingerprint density at radius 3 is 2.76 bits per heavy atom. The lowest BCUT2D eigenvalue weighted by Crippen LogP contribution is -2.18. The predicted molar refractivity (Wildman–Crippen MR) is 94.3 cm³/mol. The Bertz CT molecular complexity index is 910. The Balaban J connectivity index is 1.92. The van der Waals surface area contributed by atoms with E-state index >= 15 is 0 Å². The van der Waals surface area contributed by atoms with Crippen LogP contribution < -0.4 is 5.32 Å². The van der Waals surface area contributed by atoms with Crippen LogP contribution in [0, 0.1) is 5.82 Å². The predicted octanol–water partition coefficient (Wildman–Crippen LogP) is 4.94. The first kappa shape index (κ1) is 17.7. The summed E-state index contributed by atoms with van der Waals surface area (Å²) in [6.07, 6.45) is 2.92. The van der Waals surface area contributed by atoms with Gasteiger partial charge in [0.25, 0.3) is 5.91 Å². The molecular weight excluding hydrogens is 392 g/mol. The van der Waals surface area contributed by atoms with E-state index in [4.69, 9.17) is 39.3 Å². The third kappa shape index (κ3) is 3.92. The molecule has 2 heterocycles. The summed E-state index contributed by atoms with van der Waals surface area (Å²) in [4.78, 5) is 14.3. The van der Waals surface area contributed by atoms with Crippen molar-refractivity contribution in [2.75, 3.05) is 5.32 Å². The fourth-order valence-corrected chi connectivity index (χ4v) is 2.48. The normalized spacial score (nSPS) is 10.9. The number of hydrogen-bond donors (Lipinski definition) is 1. The fraction of sp³-hybridized carbons (Fsp3) is 0.0625. The van der Waals surface area contributed by atoms with Gasteiger partial charge in [-0.2, -0.15) is 0 Å². The van der Waals surface area contributed by atoms with Crippen LogP contribution in [0.15, 0.2) is 47.2 Å². The monoisotopic (exact) mass is 399 g/mol. The molecule has 2 aromatic heterocycles. The van der Waals surface area contributed by atoms with E-state index in [1.165, 1.54) is 30.6 Å². The Labute approximate surface area is 156 Å². The molecule has 3 rings (SSSR count). The van der Waals surface area contributed by atoms with Gasteiger partial charge in [0, 0.05) is 17.8 Å². The van der Waals surface area contributed by atoms with Crippen LogP contribution in [0.4, 0.5) is 10.1 Å². The van der Waals surface area contributed by atoms with Crippen LogP contribution in [0.25, 0.3) is 22.6 Å². The highest BCUT2D eigenvalue weighted by atomic mass is 35.5. The molecule has 0 aliphatic carbocycles. The largest absolute Gasteiger partial charge is 0.356 e. The highest BCUT2D eigenvalue weighted by molar-refractivity contribution is 6.54. The number of alkyl halides is 2. The summed E-state index contributed by atoms with van der Waals surface area (Å²) in [6, 6.07) is 7.45. The van der Waals surface area contributed by atoms with Gasteiger partial charge in [-0.3, -0.25) is 9.78 Å². The van der Waals surface area contributed by atoms with Crippen molar-refractivity contribution in [3.05, 3.63) is 53.6 Å². The van der Waals surface area contributed by atoms with E-state index in [-0.39, 0.29) is 16.3 Å². The quantitative estimate of drug-likeness (QED) is 0.630. The number of pyridine rings is 1. The lowest BCUT2D eigenvalue weighted by Gasteiger charge is -2.05. The molecule has 25 heavy (non-hydrogen) atoms. The fourth-order valence-electron chi connectivity index (χ4n) is 2.11. The molecule has 0 spiro atoms. The average molecular weight is 401 g/mol. The Morgan fingerprint density at radius 2 is 2.04 bits per heavy atom. The summed E-state index contributed by atoms with van der Waals surface area (Å²) in [5.74, 6) is -0.772. The standard InChI is InChI=1S/C16H9Cl3FN3O2/c17-10-2-1-3-11(20)14(10)12-5-13(25-23-12)8-4-9(7-21-6-8)22-16(24)15(18)19/h1-7,15H,(H,22,24). The van der Waals surface area contributed by atoms with Gasteiger partial charge in [0.2, 0.25) is 0 Å². The summed E-state index contributed by atoms with van der Waals surface area (Å²) in [7, 11) is 0. The van der Waals surface area contributed by atoms with Crippen molar-refractivity contribution >= 4 is 46.4 Å². The molecule has 0 radical (unpaired) electrons. The highest BCUT2D eigenvalue weighted by Gasteiger charge is 2.16. The zero-order valence-electron chi connectivity index (χ0n) is 12.3. The van der Waals surface area contributed by atoms with Gasteiger partial charge >= 0.3 is 0 Å². The summed E-state index contributed by atoms with van der Waals surface area (Å²) < 4.78 is 19.2. The molecule has 9 heteroatoms. The molecule has 128 valence electrons. The molecule has 1 aromatic carbocycles. The summed E-state index contributed by atoms with van der Waals surface area (Å²) in [6.45, 7) is 0. The summed E-state index contributed by atoms with van der Waals surface area (Å²) in [5.41, 5.74) is 1.28. The molecule has 0 atom stereocenters. The van der Waals surface area contributed by atoms with Crippen molar-refractivity contribution in [2.24, 2.45) is 0 Å². The van der Waals surface area contributed by atoms with E-state index < -0.39 is 16.6 Å². The number of rotatable bonds is 4. The minimum absolute atomic E-state index is 0.142. The maximum Gasteiger partial charge on any atom is 0.257 e. The smallest absolute Gasteiger partial charge is 0.257 e. The van der Waals surface area contributed by atoms with Gasteiger partial charge in [-0.05, 0) is 18.2 Å². The number of benzene rings is 1. The molecule has 0 saturated carbocycles. The molecule has 3 aromatic rings. The zero-order valence-corrected chi connectivity index (χ0v) is 14.6. The first-order valence-electron chi connectivity index (χ1n) is 6.91. The van der Waals surface area contributed by atoms with Crippen molar-refractivity contribution in [3.63, 3.8) is 0 Å². The lowest BCUT2D eigenvalue weighted by molar-refractivity contribution is -0.114. The average Bonchev–Trinajstić information content (AvgIpc) is 3.04. The Morgan fingerprint density at radius 1 is 1.24 bits per heavy atom. The van der Waals surface area contributed by atoms with Gasteiger partial charge in [-0.15, -0.1) is 0 Å². The number of halogens is 4. The van der Waals surface area contributed by atoms with Gasteiger partial charge in [0.1, 0.15) is 11.5 Å². The SMILES string of the molecule is O=C(Nc1cncc(-c2cc(-c3c(F)cccc3Cl)no2)c1)C(Cl)Cl. The second-order valence-electron chi connectivity index (χ2n) is 4.93. The molecule has 0 fully saturated rings. The van der Waals surface area contributed by atoms with Crippen LogP contribution in [0.2, 0.25) is 5.02 Å². The molecule has 1 N–H and O–H groups in total. The Hall–Kier alpha value is -2.15. The van der Waals surface area contributed by atoms with Gasteiger partial charge in [-0.1, -0.05) is 46.0 Å². The maximum atomic E-state index is 14.0. The van der Waals surface area contributed by atoms with Gasteiger partial charge in [0.15, 0.2) is 10.6 Å². The van der Waals surface area contributed by atoms with E-state index in [0.29, 0.717) is 17.0 Å². The number of hydrogen-bond acceptors (Lipinski definition) is 4. The molecule has 1 amide bonds. The first-order valence-corrected chi connectivity index (χ1v) is 8.16. The lowest BCUT2D eigenvalue weighted by atomic mass is 10.1. The minimum atomic E-state index is -1.20. The molecule has 0 saturated heterocycles. The number of carbonyl (C=O) groups is 1. The molecule has 0 unspecified atom stereocenters. The molecule has 5 nitrogen and oxygen atoms in total. The highest BCUT2D eigenvalue weighted by Crippen LogP contribution is 2.32. The second kappa shape index (κ2) is 7.39. The second-order valence-corrected chi connectivity index (χ2v) is 6.43. The molecule has 0 bridgehead atoms. The van der Waals surface area contributed by atoms with Crippen molar-refractivity contribution < 1.29 is 13.7 Å². The van der Waals surface area contributed by atoms with Crippen LogP contribution in [0.1, 0.15) is 0 Å². The summed E-state index contributed by atoms with van der Waals surface area (Å²) in [5, 5.41) is 6.56. The zero-order chi connectivity index (χ0) is 18.0. The number of aromatic nitrogens is 2. The third-order valence-electron chi connectivity index (χ3n) is 3.22. The van der Waals surface area contributed by atoms with Crippen LogP contribution in [0.3, 0.4) is 0 Å². The number of amides is 1. The van der Waals surface area contributed by atoms with Gasteiger partial charge in [0.05, 0.1) is 22.5 Å². The van der Waals surface area contributed by atoms with E-state index in [1.54, 1.807) is 12.1 Å². The molecular formula is C16H9Cl3FN3O2. The number of anilines is 1. The van der Waals surface area contributed by atoms with Crippen molar-refractivity contribution in [3.8, 4) is 22.6 Å². The van der Waals surface area contributed by atoms with Gasteiger partial charge in [-0.25, -0.2) is 4.39 Å². The summed E-state index contributed by atoms with van der Waals surface area (Å²) >= 11 is 17.0. The van der Waals surface area contributed by atoms with Crippen molar-refractivity contribution in [1.82, 2.24) is 10.1 Å². The van der Waals surface area contributed by atoms with E-state index in [9.17, 15) is 9.18 Å². The maximum absolute atomic E-state index is 14.0. The number of carbonyl (C=O) groups excluding carboxylic acids is 1. The van der Waals surface area contributed by atoms with Crippen LogP contribution >= 0.6 is 34.8 Å². The topological polar surface area (TPSA) is 68.0 Å². The first-order chi connectivity index (χ1) is 12.0. The van der Waals surface area contributed by atoms with E-state index in [0.717, 1.165) is 0 Å². The van der Waals surface area contributed by atoms with Crippen molar-refractivity contribution in [2.45, 2.75) is 4.84 Å². The van der Waals surface area contributed by atoms with E-state index in [1.807, 2.05) is 0 Å². The van der Waals surface area contributed by atoms with Crippen LogP contribution in [-0.4, -0.2) is 20.9 Å². The van der Waals surface area contributed by atoms with Crippen LogP contribution in [-0.2, 0) is 4.79 Å². The molecule has 0 aliphatic heterocycles. The third-order valence-corrected chi connectivity index (χ3v) is 3.93. The van der Waals surface area contributed by atoms with Crippen LogP contribution in [0.5, 0.6) is 0 Å². The van der Waals surface area contributed by atoms with Gasteiger partial charge < -0.3 is 9.84 Å². The minimum Gasteiger partial charge on any atom is -0.356 e. The van der Waals surface area contributed by atoms with Crippen molar-refractivity contribution in [1.29, 1.82) is 0 Å². The Kier molecular flexibility index (Phi) is 5.22. The number of nitrogens with one attached hydrogen (secondary N) is 1.